The minimum atomic E-state index is 0.206. The molecule has 0 aromatic carbocycles. The maximum absolute atomic E-state index is 5.94. The van der Waals surface area contributed by atoms with E-state index in [4.69, 9.17) is 5.73 Å². The predicted octanol–water partition coefficient (Wildman–Crippen LogP) is 2.35. The minimum Gasteiger partial charge on any atom is -0.328 e. The number of nitrogens with two attached hydrogens (primary N) is 1. The molecule has 80 valence electrons. The summed E-state index contributed by atoms with van der Waals surface area (Å²) in [4.78, 5) is 5.43. The Morgan fingerprint density at radius 3 is 3.13 bits per heavy atom. The van der Waals surface area contributed by atoms with Crippen molar-refractivity contribution >= 4 is 11.3 Å². The van der Waals surface area contributed by atoms with Crippen molar-refractivity contribution in [2.24, 2.45) is 5.73 Å². The van der Waals surface area contributed by atoms with E-state index in [0.717, 1.165) is 18.7 Å². The third kappa shape index (κ3) is 2.27. The van der Waals surface area contributed by atoms with Crippen LogP contribution in [0.5, 0.6) is 0 Å². The quantitative estimate of drug-likeness (QED) is 0.861. The molecule has 2 heterocycles. The molecule has 2 aromatic rings. The summed E-state index contributed by atoms with van der Waals surface area (Å²) < 4.78 is 2.12. The van der Waals surface area contributed by atoms with E-state index in [1.807, 2.05) is 12.5 Å². The molecule has 0 aliphatic carbocycles. The van der Waals surface area contributed by atoms with E-state index in [9.17, 15) is 0 Å². The van der Waals surface area contributed by atoms with Crippen LogP contribution in [0.1, 0.15) is 13.3 Å². The maximum atomic E-state index is 5.94. The number of imidazole rings is 1. The van der Waals surface area contributed by atoms with Gasteiger partial charge in [0.25, 0.3) is 0 Å². The van der Waals surface area contributed by atoms with Crippen LogP contribution < -0.4 is 5.73 Å². The molecule has 0 amide bonds. The van der Waals surface area contributed by atoms with Gasteiger partial charge in [-0.2, -0.15) is 0 Å². The molecule has 0 aliphatic heterocycles. The van der Waals surface area contributed by atoms with E-state index < -0.39 is 0 Å². The third-order valence-corrected chi connectivity index (χ3v) is 3.33. The number of nitrogens with zero attached hydrogens (tertiary/aromatic N) is 2. The van der Waals surface area contributed by atoms with Crippen molar-refractivity contribution in [1.82, 2.24) is 9.55 Å². The molecule has 0 fully saturated rings. The number of thiophene rings is 1. The van der Waals surface area contributed by atoms with Gasteiger partial charge in [-0.05, 0) is 17.9 Å². The molecule has 3 nitrogen and oxygen atoms in total. The Balaban J connectivity index is 2.23. The molecule has 0 radical (unpaired) electrons. The van der Waals surface area contributed by atoms with Gasteiger partial charge in [-0.1, -0.05) is 13.0 Å². The summed E-state index contributed by atoms with van der Waals surface area (Å²) in [6, 6.07) is 4.37. The molecule has 0 saturated heterocycles. The Morgan fingerprint density at radius 1 is 1.60 bits per heavy atom. The lowest BCUT2D eigenvalue weighted by atomic mass is 10.2. The van der Waals surface area contributed by atoms with Gasteiger partial charge >= 0.3 is 0 Å². The molecular formula is C11H15N3S. The zero-order valence-electron chi connectivity index (χ0n) is 8.76. The van der Waals surface area contributed by atoms with Crippen LogP contribution in [0.15, 0.2) is 30.0 Å². The number of hydrogen-bond donors (Lipinski definition) is 1. The van der Waals surface area contributed by atoms with Crippen LogP contribution in [0.2, 0.25) is 0 Å². The van der Waals surface area contributed by atoms with Crippen molar-refractivity contribution < 1.29 is 0 Å². The van der Waals surface area contributed by atoms with Crippen molar-refractivity contribution in [2.75, 3.05) is 0 Å². The molecule has 1 atom stereocenters. The van der Waals surface area contributed by atoms with E-state index >= 15 is 0 Å². The largest absolute Gasteiger partial charge is 0.328 e. The zero-order valence-corrected chi connectivity index (χ0v) is 9.57. The first kappa shape index (κ1) is 10.4. The highest BCUT2D eigenvalue weighted by molar-refractivity contribution is 7.13. The smallest absolute Gasteiger partial charge is 0.0951 e. The molecule has 2 rings (SSSR count). The number of rotatable bonds is 4. The van der Waals surface area contributed by atoms with E-state index in [-0.39, 0.29) is 6.04 Å². The first-order valence-corrected chi connectivity index (χ1v) is 5.98. The van der Waals surface area contributed by atoms with Gasteiger partial charge in [0.1, 0.15) is 0 Å². The van der Waals surface area contributed by atoms with E-state index in [1.165, 1.54) is 4.88 Å². The Hall–Kier alpha value is -1.13. The Labute approximate surface area is 93.6 Å². The highest BCUT2D eigenvalue weighted by atomic mass is 32.1. The average molecular weight is 221 g/mol. The van der Waals surface area contributed by atoms with Gasteiger partial charge in [0, 0.05) is 12.6 Å². The van der Waals surface area contributed by atoms with Crippen LogP contribution in [-0.2, 0) is 6.54 Å². The first-order chi connectivity index (χ1) is 7.31. The molecule has 4 heteroatoms. The third-order valence-electron chi connectivity index (χ3n) is 2.44. The lowest BCUT2D eigenvalue weighted by Gasteiger charge is -2.11. The monoisotopic (exact) mass is 221 g/mol. The summed E-state index contributed by atoms with van der Waals surface area (Å²) in [7, 11) is 0. The van der Waals surface area contributed by atoms with Crippen LogP contribution >= 0.6 is 11.3 Å². The lowest BCUT2D eigenvalue weighted by Crippen LogP contribution is -2.25. The van der Waals surface area contributed by atoms with Crippen LogP contribution in [0.3, 0.4) is 0 Å². The van der Waals surface area contributed by atoms with Gasteiger partial charge in [0.15, 0.2) is 0 Å². The number of aromatic nitrogens is 2. The van der Waals surface area contributed by atoms with Gasteiger partial charge in [-0.3, -0.25) is 0 Å². The van der Waals surface area contributed by atoms with Crippen molar-refractivity contribution in [3.05, 3.63) is 30.0 Å². The second kappa shape index (κ2) is 4.59. The summed E-state index contributed by atoms with van der Waals surface area (Å²) >= 11 is 1.73. The zero-order chi connectivity index (χ0) is 10.7. The SMILES string of the molecule is CCC(N)Cn1cncc1-c1cccs1. The summed E-state index contributed by atoms with van der Waals surface area (Å²) in [6.07, 6.45) is 4.74. The van der Waals surface area contributed by atoms with Gasteiger partial charge in [0.05, 0.1) is 23.1 Å². The molecule has 2 aromatic heterocycles. The highest BCUT2D eigenvalue weighted by Crippen LogP contribution is 2.24. The standard InChI is InChI=1S/C11H15N3S/c1-2-9(12)7-14-8-13-6-10(14)11-4-3-5-15-11/h3-6,8-9H,2,7,12H2,1H3. The molecule has 15 heavy (non-hydrogen) atoms. The summed E-state index contributed by atoms with van der Waals surface area (Å²) in [5.41, 5.74) is 7.10. The predicted molar refractivity (Wildman–Crippen MR) is 63.8 cm³/mol. The molecule has 2 N–H and O–H groups in total. The normalized spacial score (nSPS) is 12.9. The van der Waals surface area contributed by atoms with Gasteiger partial charge in [-0.25, -0.2) is 4.98 Å². The average Bonchev–Trinajstić information content (AvgIpc) is 2.86. The van der Waals surface area contributed by atoms with Crippen LogP contribution in [-0.4, -0.2) is 15.6 Å². The topological polar surface area (TPSA) is 43.8 Å². The van der Waals surface area contributed by atoms with Crippen molar-refractivity contribution in [3.8, 4) is 10.6 Å². The van der Waals surface area contributed by atoms with E-state index in [0.29, 0.717) is 0 Å². The Morgan fingerprint density at radius 2 is 2.47 bits per heavy atom. The fourth-order valence-corrected chi connectivity index (χ4v) is 2.23. The molecule has 0 saturated carbocycles. The van der Waals surface area contributed by atoms with Gasteiger partial charge in [-0.15, -0.1) is 11.3 Å². The minimum absolute atomic E-state index is 0.206. The van der Waals surface area contributed by atoms with Crippen LogP contribution in [0.25, 0.3) is 10.6 Å². The Bertz CT molecular complexity index is 405. The van der Waals surface area contributed by atoms with E-state index in [2.05, 4.69) is 34.0 Å². The van der Waals surface area contributed by atoms with E-state index in [1.54, 1.807) is 11.3 Å². The fraction of sp³-hybridized carbons (Fsp3) is 0.364. The second-order valence-corrected chi connectivity index (χ2v) is 4.52. The molecule has 0 spiro atoms. The fourth-order valence-electron chi connectivity index (χ4n) is 1.48. The summed E-state index contributed by atoms with van der Waals surface area (Å²) in [5.74, 6) is 0. The Kier molecular flexibility index (Phi) is 3.18. The van der Waals surface area contributed by atoms with Crippen molar-refractivity contribution in [3.63, 3.8) is 0 Å². The summed E-state index contributed by atoms with van der Waals surface area (Å²) in [6.45, 7) is 2.94. The number of hydrogen-bond acceptors (Lipinski definition) is 3. The maximum Gasteiger partial charge on any atom is 0.0951 e. The second-order valence-electron chi connectivity index (χ2n) is 3.58. The highest BCUT2D eigenvalue weighted by Gasteiger charge is 2.08. The molecule has 0 aliphatic rings. The molecule has 0 bridgehead atoms. The van der Waals surface area contributed by atoms with Crippen LogP contribution in [0, 0.1) is 0 Å². The van der Waals surface area contributed by atoms with Crippen LogP contribution in [0.4, 0.5) is 0 Å². The molecule has 1 unspecified atom stereocenters. The lowest BCUT2D eigenvalue weighted by molar-refractivity contribution is 0.542. The van der Waals surface area contributed by atoms with Gasteiger partial charge in [0.2, 0.25) is 0 Å². The first-order valence-electron chi connectivity index (χ1n) is 5.11. The summed E-state index contributed by atoms with van der Waals surface area (Å²) in [5, 5.41) is 2.08. The van der Waals surface area contributed by atoms with Crippen molar-refractivity contribution in [2.45, 2.75) is 25.9 Å². The van der Waals surface area contributed by atoms with Gasteiger partial charge < -0.3 is 10.3 Å². The molecular weight excluding hydrogens is 206 g/mol. The van der Waals surface area contributed by atoms with Crippen molar-refractivity contribution in [1.29, 1.82) is 0 Å².